The maximum absolute atomic E-state index is 12.2. The molecule has 2 aromatic rings. The number of non-ortho nitro benzene ring substituents is 1. The fourth-order valence-corrected chi connectivity index (χ4v) is 2.82. The lowest BCUT2D eigenvalue weighted by Gasteiger charge is -2.25. The molecule has 2 aromatic carbocycles. The van der Waals surface area contributed by atoms with Gasteiger partial charge >= 0.3 is 0 Å². The average molecular weight is 364 g/mol. The summed E-state index contributed by atoms with van der Waals surface area (Å²) >= 11 is 0. The van der Waals surface area contributed by atoms with Crippen molar-refractivity contribution in [2.45, 2.75) is 13.0 Å². The van der Waals surface area contributed by atoms with Gasteiger partial charge in [0.2, 0.25) is 0 Å². The van der Waals surface area contributed by atoms with Crippen LogP contribution in [0.1, 0.15) is 17.5 Å². The summed E-state index contributed by atoms with van der Waals surface area (Å²) in [5.41, 5.74) is 5.18. The number of nitro groups is 1. The molecule has 0 saturated carbocycles. The molecule has 0 atom stereocenters. The lowest BCUT2D eigenvalue weighted by Crippen LogP contribution is -2.32. The van der Waals surface area contributed by atoms with E-state index < -0.39 is 4.92 Å². The monoisotopic (exact) mass is 364 g/mol. The number of nitrogens with one attached hydrogen (secondary N) is 1. The maximum Gasteiger partial charge on any atom is 0.269 e. The zero-order chi connectivity index (χ0) is 19.1. The molecule has 0 aliphatic carbocycles. The van der Waals surface area contributed by atoms with Gasteiger partial charge in [-0.1, -0.05) is 36.4 Å². The first-order chi connectivity index (χ1) is 13.1. The molecular weight excluding hydrogens is 344 g/mol. The fraction of sp³-hybridized carbons (Fsp3) is 0.200. The van der Waals surface area contributed by atoms with Crippen molar-refractivity contribution in [3.8, 4) is 0 Å². The summed E-state index contributed by atoms with van der Waals surface area (Å²) < 4.78 is 0. The standard InChI is InChI=1S/C20H20N4O3/c25-20(22-21-14-16-6-8-19(9-7-16)24(26)27)18-10-12-23(13-11-18)15-17-4-2-1-3-5-17/h1-10,14H,11-13,15H2,(H,22,25). The maximum atomic E-state index is 12.2. The largest absolute Gasteiger partial charge is 0.295 e. The van der Waals surface area contributed by atoms with Crippen LogP contribution in [-0.4, -0.2) is 35.0 Å². The molecule has 7 heteroatoms. The SMILES string of the molecule is O=C(NN=Cc1ccc([N+](=O)[O-])cc1)C1=CCN(Cc2ccccc2)CC1. The van der Waals surface area contributed by atoms with Crippen molar-refractivity contribution < 1.29 is 9.72 Å². The second-order valence-corrected chi connectivity index (χ2v) is 6.25. The zero-order valence-electron chi connectivity index (χ0n) is 14.7. The van der Waals surface area contributed by atoms with Crippen LogP contribution in [0.4, 0.5) is 5.69 Å². The van der Waals surface area contributed by atoms with Crippen LogP contribution < -0.4 is 5.43 Å². The zero-order valence-corrected chi connectivity index (χ0v) is 14.7. The molecule has 0 fully saturated rings. The highest BCUT2D eigenvalue weighted by Gasteiger charge is 2.16. The van der Waals surface area contributed by atoms with E-state index in [0.29, 0.717) is 12.0 Å². The molecule has 138 valence electrons. The minimum atomic E-state index is -0.459. The van der Waals surface area contributed by atoms with Crippen LogP contribution in [0.25, 0.3) is 0 Å². The van der Waals surface area contributed by atoms with Crippen LogP contribution in [0.2, 0.25) is 0 Å². The number of nitrogens with zero attached hydrogens (tertiary/aromatic N) is 3. The summed E-state index contributed by atoms with van der Waals surface area (Å²) in [6, 6.07) is 16.2. The Morgan fingerprint density at radius 3 is 2.56 bits per heavy atom. The number of hydrogen-bond donors (Lipinski definition) is 1. The third-order valence-electron chi connectivity index (χ3n) is 4.32. The highest BCUT2D eigenvalue weighted by Crippen LogP contribution is 2.14. The second kappa shape index (κ2) is 8.86. The summed E-state index contributed by atoms with van der Waals surface area (Å²) in [5, 5.41) is 14.6. The van der Waals surface area contributed by atoms with Crippen molar-refractivity contribution in [3.63, 3.8) is 0 Å². The van der Waals surface area contributed by atoms with Gasteiger partial charge in [0.05, 0.1) is 11.1 Å². The van der Waals surface area contributed by atoms with Gasteiger partial charge in [0.25, 0.3) is 11.6 Å². The molecule has 0 unspecified atom stereocenters. The lowest BCUT2D eigenvalue weighted by atomic mass is 10.1. The van der Waals surface area contributed by atoms with Gasteiger partial charge in [-0.3, -0.25) is 19.8 Å². The van der Waals surface area contributed by atoms with Crippen molar-refractivity contribution >= 4 is 17.8 Å². The predicted molar refractivity (Wildman–Crippen MR) is 103 cm³/mol. The van der Waals surface area contributed by atoms with Crippen molar-refractivity contribution in [1.82, 2.24) is 10.3 Å². The van der Waals surface area contributed by atoms with Crippen molar-refractivity contribution in [2.24, 2.45) is 5.10 Å². The fourth-order valence-electron chi connectivity index (χ4n) is 2.82. The van der Waals surface area contributed by atoms with E-state index >= 15 is 0 Å². The molecule has 3 rings (SSSR count). The molecule has 7 nitrogen and oxygen atoms in total. The molecular formula is C20H20N4O3. The van der Waals surface area contributed by atoms with E-state index in [-0.39, 0.29) is 11.6 Å². The van der Waals surface area contributed by atoms with Crippen LogP contribution in [0, 0.1) is 10.1 Å². The second-order valence-electron chi connectivity index (χ2n) is 6.25. The molecule has 1 amide bonds. The van der Waals surface area contributed by atoms with Crippen molar-refractivity contribution in [1.29, 1.82) is 0 Å². The van der Waals surface area contributed by atoms with Gasteiger partial charge in [-0.2, -0.15) is 5.10 Å². The Bertz CT molecular complexity index is 861. The Kier molecular flexibility index (Phi) is 6.06. The minimum absolute atomic E-state index is 0.0172. The van der Waals surface area contributed by atoms with Gasteiger partial charge < -0.3 is 0 Å². The van der Waals surface area contributed by atoms with Crippen LogP contribution in [0.3, 0.4) is 0 Å². The Hall–Kier alpha value is -3.32. The number of carbonyl (C=O) groups is 1. The number of carbonyl (C=O) groups excluding carboxylic acids is 1. The quantitative estimate of drug-likeness (QED) is 0.485. The molecule has 1 heterocycles. The first kappa shape index (κ1) is 18.5. The first-order valence-corrected chi connectivity index (χ1v) is 8.65. The van der Waals surface area contributed by atoms with Crippen molar-refractivity contribution in [2.75, 3.05) is 13.1 Å². The molecule has 0 bridgehead atoms. The smallest absolute Gasteiger partial charge is 0.269 e. The van der Waals surface area contributed by atoms with Gasteiger partial charge in [-0.15, -0.1) is 0 Å². The van der Waals surface area contributed by atoms with E-state index in [1.54, 1.807) is 12.1 Å². The third-order valence-corrected chi connectivity index (χ3v) is 4.32. The molecule has 1 aliphatic rings. The van der Waals surface area contributed by atoms with Crippen LogP contribution in [-0.2, 0) is 11.3 Å². The summed E-state index contributed by atoms with van der Waals surface area (Å²) in [6.45, 7) is 2.41. The van der Waals surface area contributed by atoms with E-state index in [1.807, 2.05) is 24.3 Å². The number of hydrogen-bond acceptors (Lipinski definition) is 5. The van der Waals surface area contributed by atoms with Gasteiger partial charge in [-0.25, -0.2) is 5.43 Å². The van der Waals surface area contributed by atoms with E-state index in [0.717, 1.165) is 25.2 Å². The van der Waals surface area contributed by atoms with Crippen LogP contribution in [0.5, 0.6) is 0 Å². The molecule has 0 radical (unpaired) electrons. The molecule has 1 N–H and O–H groups in total. The third kappa shape index (κ3) is 5.32. The van der Waals surface area contributed by atoms with E-state index in [4.69, 9.17) is 0 Å². The molecule has 27 heavy (non-hydrogen) atoms. The van der Waals surface area contributed by atoms with E-state index in [1.165, 1.54) is 23.9 Å². The Morgan fingerprint density at radius 1 is 1.19 bits per heavy atom. The lowest BCUT2D eigenvalue weighted by molar-refractivity contribution is -0.384. The number of amides is 1. The Labute approximate surface area is 157 Å². The molecule has 0 spiro atoms. The highest BCUT2D eigenvalue weighted by atomic mass is 16.6. The van der Waals surface area contributed by atoms with Crippen LogP contribution >= 0.6 is 0 Å². The summed E-state index contributed by atoms with van der Waals surface area (Å²) in [4.78, 5) is 24.6. The predicted octanol–water partition coefficient (Wildman–Crippen LogP) is 2.88. The average Bonchev–Trinajstić information content (AvgIpc) is 2.69. The Morgan fingerprint density at radius 2 is 1.93 bits per heavy atom. The summed E-state index contributed by atoms with van der Waals surface area (Å²) in [5.74, 6) is -0.215. The topological polar surface area (TPSA) is 87.8 Å². The first-order valence-electron chi connectivity index (χ1n) is 8.65. The van der Waals surface area contributed by atoms with E-state index in [2.05, 4.69) is 27.6 Å². The molecule has 1 aliphatic heterocycles. The van der Waals surface area contributed by atoms with Crippen LogP contribution in [0.15, 0.2) is 71.3 Å². The minimum Gasteiger partial charge on any atom is -0.295 e. The Balaban J connectivity index is 1.49. The normalized spacial score (nSPS) is 14.7. The highest BCUT2D eigenvalue weighted by molar-refractivity contribution is 5.94. The summed E-state index contributed by atoms with van der Waals surface area (Å²) in [6.07, 6.45) is 4.07. The van der Waals surface area contributed by atoms with Gasteiger partial charge in [0, 0.05) is 37.3 Å². The number of rotatable bonds is 6. The van der Waals surface area contributed by atoms with Gasteiger partial charge in [-0.05, 0) is 29.7 Å². The number of benzene rings is 2. The molecule has 0 aromatic heterocycles. The number of hydrazone groups is 1. The molecule has 0 saturated heterocycles. The number of nitro benzene ring substituents is 1. The van der Waals surface area contributed by atoms with Gasteiger partial charge in [0.1, 0.15) is 0 Å². The van der Waals surface area contributed by atoms with Crippen molar-refractivity contribution in [3.05, 3.63) is 87.5 Å². The van der Waals surface area contributed by atoms with E-state index in [9.17, 15) is 14.9 Å². The van der Waals surface area contributed by atoms with Gasteiger partial charge in [0.15, 0.2) is 0 Å². The summed E-state index contributed by atoms with van der Waals surface area (Å²) in [7, 11) is 0.